The number of rotatable bonds is 6. The summed E-state index contributed by atoms with van der Waals surface area (Å²) in [5, 5.41) is 11.3. The van der Waals surface area contributed by atoms with E-state index in [-0.39, 0.29) is 12.6 Å². The van der Waals surface area contributed by atoms with Crippen molar-refractivity contribution in [3.63, 3.8) is 0 Å². The third-order valence-corrected chi connectivity index (χ3v) is 3.33. The Hall–Kier alpha value is -1.46. The van der Waals surface area contributed by atoms with Crippen molar-refractivity contribution in [2.75, 3.05) is 0 Å². The largest absolute Gasteiger partial charge is 0.457 e. The fourth-order valence-electron chi connectivity index (χ4n) is 2.37. The van der Waals surface area contributed by atoms with E-state index in [2.05, 4.69) is 22.4 Å². The van der Waals surface area contributed by atoms with Crippen molar-refractivity contribution >= 4 is 5.97 Å². The molecule has 6 nitrogen and oxygen atoms in total. The van der Waals surface area contributed by atoms with Gasteiger partial charge in [-0.3, -0.25) is 4.79 Å². The normalized spacial score (nSPS) is 16.1. The van der Waals surface area contributed by atoms with Gasteiger partial charge in [-0.05, 0) is 35.6 Å². The molecule has 2 rings (SSSR count). The van der Waals surface area contributed by atoms with Gasteiger partial charge in [0.25, 0.3) is 0 Å². The molecule has 0 saturated heterocycles. The molecule has 1 aliphatic carbocycles. The zero-order valence-corrected chi connectivity index (χ0v) is 10.8. The van der Waals surface area contributed by atoms with E-state index in [0.717, 1.165) is 25.8 Å². The predicted octanol–water partition coefficient (Wildman–Crippen LogP) is 1.71. The number of nitrogens with zero attached hydrogens (tertiary/aromatic N) is 4. The molecule has 0 radical (unpaired) electrons. The van der Waals surface area contributed by atoms with Crippen molar-refractivity contribution in [2.24, 2.45) is 5.92 Å². The molecule has 0 aromatic carbocycles. The first-order chi connectivity index (χ1) is 8.79. The van der Waals surface area contributed by atoms with Crippen LogP contribution < -0.4 is 0 Å². The molecule has 18 heavy (non-hydrogen) atoms. The van der Waals surface area contributed by atoms with Crippen LogP contribution in [-0.4, -0.2) is 26.2 Å². The van der Waals surface area contributed by atoms with Crippen LogP contribution in [0.4, 0.5) is 0 Å². The predicted molar refractivity (Wildman–Crippen MR) is 64.5 cm³/mol. The van der Waals surface area contributed by atoms with Crippen LogP contribution in [0.5, 0.6) is 0 Å². The Morgan fingerprint density at radius 3 is 2.94 bits per heavy atom. The SMILES string of the molecule is CCCn1nnnc1COC(=O)CC1CCCC1. The van der Waals surface area contributed by atoms with Crippen LogP contribution in [0.25, 0.3) is 0 Å². The Kier molecular flexibility index (Phi) is 4.66. The number of hydrogen-bond donors (Lipinski definition) is 0. The molecule has 0 unspecified atom stereocenters. The van der Waals surface area contributed by atoms with E-state index in [1.807, 2.05) is 0 Å². The Morgan fingerprint density at radius 2 is 2.22 bits per heavy atom. The molecule has 1 aliphatic rings. The molecule has 100 valence electrons. The van der Waals surface area contributed by atoms with Crippen molar-refractivity contribution in [1.29, 1.82) is 0 Å². The smallest absolute Gasteiger partial charge is 0.306 e. The minimum Gasteiger partial charge on any atom is -0.457 e. The van der Waals surface area contributed by atoms with Crippen LogP contribution in [0, 0.1) is 5.92 Å². The number of hydrogen-bond acceptors (Lipinski definition) is 5. The summed E-state index contributed by atoms with van der Waals surface area (Å²) in [6.45, 7) is 2.98. The third-order valence-electron chi connectivity index (χ3n) is 3.33. The second-order valence-corrected chi connectivity index (χ2v) is 4.83. The van der Waals surface area contributed by atoms with Gasteiger partial charge < -0.3 is 4.74 Å². The van der Waals surface area contributed by atoms with Crippen LogP contribution >= 0.6 is 0 Å². The minimum absolute atomic E-state index is 0.132. The monoisotopic (exact) mass is 252 g/mol. The van der Waals surface area contributed by atoms with Crippen LogP contribution in [-0.2, 0) is 22.7 Å². The summed E-state index contributed by atoms with van der Waals surface area (Å²) in [6, 6.07) is 0. The van der Waals surface area contributed by atoms with Crippen LogP contribution in [0.1, 0.15) is 51.3 Å². The lowest BCUT2D eigenvalue weighted by Crippen LogP contribution is -2.13. The fraction of sp³-hybridized carbons (Fsp3) is 0.833. The van der Waals surface area contributed by atoms with Gasteiger partial charge in [0.1, 0.15) is 0 Å². The molecule has 1 aromatic heterocycles. The standard InChI is InChI=1S/C12H20N4O2/c1-2-7-16-11(13-14-15-16)9-18-12(17)8-10-5-3-4-6-10/h10H,2-9H2,1H3. The Morgan fingerprint density at radius 1 is 1.44 bits per heavy atom. The number of aromatic nitrogens is 4. The van der Waals surface area contributed by atoms with E-state index in [1.54, 1.807) is 4.68 Å². The maximum Gasteiger partial charge on any atom is 0.306 e. The zero-order chi connectivity index (χ0) is 12.8. The van der Waals surface area contributed by atoms with Crippen molar-refractivity contribution in [2.45, 2.75) is 58.6 Å². The lowest BCUT2D eigenvalue weighted by Gasteiger charge is -2.08. The van der Waals surface area contributed by atoms with Gasteiger partial charge in [-0.25, -0.2) is 4.68 Å². The van der Waals surface area contributed by atoms with Crippen LogP contribution in [0.2, 0.25) is 0 Å². The van der Waals surface area contributed by atoms with Gasteiger partial charge in [0, 0.05) is 13.0 Å². The number of ether oxygens (including phenoxy) is 1. The van der Waals surface area contributed by atoms with Crippen molar-refractivity contribution in [1.82, 2.24) is 20.2 Å². The van der Waals surface area contributed by atoms with E-state index in [0.29, 0.717) is 18.2 Å². The van der Waals surface area contributed by atoms with E-state index < -0.39 is 0 Å². The van der Waals surface area contributed by atoms with Crippen LogP contribution in [0.15, 0.2) is 0 Å². The maximum atomic E-state index is 11.7. The van der Waals surface area contributed by atoms with Gasteiger partial charge in [-0.1, -0.05) is 19.8 Å². The van der Waals surface area contributed by atoms with Gasteiger partial charge in [0.15, 0.2) is 12.4 Å². The van der Waals surface area contributed by atoms with Crippen molar-refractivity contribution < 1.29 is 9.53 Å². The average Bonchev–Trinajstić information content (AvgIpc) is 2.99. The summed E-state index contributed by atoms with van der Waals surface area (Å²) in [4.78, 5) is 11.7. The zero-order valence-electron chi connectivity index (χ0n) is 10.8. The van der Waals surface area contributed by atoms with Gasteiger partial charge in [-0.15, -0.1) is 5.10 Å². The molecular formula is C12H20N4O2. The van der Waals surface area contributed by atoms with E-state index in [1.165, 1.54) is 12.8 Å². The molecule has 0 aliphatic heterocycles. The van der Waals surface area contributed by atoms with Gasteiger partial charge in [0.05, 0.1) is 0 Å². The summed E-state index contributed by atoms with van der Waals surface area (Å²) < 4.78 is 6.92. The minimum atomic E-state index is -0.132. The van der Waals surface area contributed by atoms with Gasteiger partial charge in [0.2, 0.25) is 0 Å². The molecule has 1 fully saturated rings. The molecule has 0 N–H and O–H groups in total. The molecule has 1 saturated carbocycles. The summed E-state index contributed by atoms with van der Waals surface area (Å²) in [5.41, 5.74) is 0. The first-order valence-corrected chi connectivity index (χ1v) is 6.70. The lowest BCUT2D eigenvalue weighted by atomic mass is 10.1. The molecule has 0 bridgehead atoms. The van der Waals surface area contributed by atoms with Crippen molar-refractivity contribution in [3.8, 4) is 0 Å². The summed E-state index contributed by atoms with van der Waals surface area (Å²) >= 11 is 0. The molecule has 0 spiro atoms. The van der Waals surface area contributed by atoms with Crippen LogP contribution in [0.3, 0.4) is 0 Å². The first kappa shape index (κ1) is 13.0. The molecule has 0 amide bonds. The molecule has 0 atom stereocenters. The van der Waals surface area contributed by atoms with E-state index in [4.69, 9.17) is 4.74 Å². The van der Waals surface area contributed by atoms with E-state index in [9.17, 15) is 4.79 Å². The Balaban J connectivity index is 1.75. The Labute approximate surface area is 107 Å². The number of aryl methyl sites for hydroxylation is 1. The fourth-order valence-corrected chi connectivity index (χ4v) is 2.37. The quantitative estimate of drug-likeness (QED) is 0.721. The highest BCUT2D eigenvalue weighted by Gasteiger charge is 2.19. The van der Waals surface area contributed by atoms with Crippen molar-refractivity contribution in [3.05, 3.63) is 5.82 Å². The highest BCUT2D eigenvalue weighted by atomic mass is 16.5. The average molecular weight is 252 g/mol. The lowest BCUT2D eigenvalue weighted by molar-refractivity contribution is -0.146. The first-order valence-electron chi connectivity index (χ1n) is 6.70. The second-order valence-electron chi connectivity index (χ2n) is 4.83. The molecular weight excluding hydrogens is 232 g/mol. The highest BCUT2D eigenvalue weighted by molar-refractivity contribution is 5.69. The van der Waals surface area contributed by atoms with Gasteiger partial charge >= 0.3 is 5.97 Å². The summed E-state index contributed by atoms with van der Waals surface area (Å²) in [5.74, 6) is 1.01. The Bertz CT molecular complexity index is 385. The number of carbonyl (C=O) groups is 1. The summed E-state index contributed by atoms with van der Waals surface area (Å²) in [6.07, 6.45) is 6.29. The maximum absolute atomic E-state index is 11.7. The molecule has 6 heteroatoms. The third kappa shape index (κ3) is 3.51. The number of esters is 1. The van der Waals surface area contributed by atoms with Gasteiger partial charge in [-0.2, -0.15) is 0 Å². The van der Waals surface area contributed by atoms with E-state index >= 15 is 0 Å². The highest BCUT2D eigenvalue weighted by Crippen LogP contribution is 2.27. The second kappa shape index (κ2) is 6.47. The topological polar surface area (TPSA) is 69.9 Å². The molecule has 1 heterocycles. The number of carbonyl (C=O) groups excluding carboxylic acids is 1. The molecule has 1 aromatic rings. The summed E-state index contributed by atoms with van der Waals surface area (Å²) in [7, 11) is 0. The number of tetrazole rings is 1.